The zero-order valence-corrected chi connectivity index (χ0v) is 11.4. The molecule has 1 saturated heterocycles. The van der Waals surface area contributed by atoms with Crippen LogP contribution in [0.3, 0.4) is 0 Å². The summed E-state index contributed by atoms with van der Waals surface area (Å²) in [5, 5.41) is 0. The van der Waals surface area contributed by atoms with Crippen LogP contribution in [-0.2, 0) is 0 Å². The van der Waals surface area contributed by atoms with Gasteiger partial charge in [-0.3, -0.25) is 0 Å². The molecule has 3 rings (SSSR count). The Labute approximate surface area is 112 Å². The second-order valence-electron chi connectivity index (χ2n) is 5.33. The summed E-state index contributed by atoms with van der Waals surface area (Å²) in [4.78, 5) is 23.2. The number of rotatable bonds is 2. The molecule has 2 aromatic rings. The lowest BCUT2D eigenvalue weighted by atomic mass is 10.1. The Balaban J connectivity index is 1.95. The second kappa shape index (κ2) is 4.26. The third kappa shape index (κ3) is 1.85. The van der Waals surface area contributed by atoms with E-state index >= 15 is 0 Å². The van der Waals surface area contributed by atoms with Gasteiger partial charge in [0.2, 0.25) is 0 Å². The number of H-pyrrole nitrogens is 1. The Kier molecular flexibility index (Phi) is 2.69. The molecule has 1 aromatic heterocycles. The Hall–Kier alpha value is -2.04. The van der Waals surface area contributed by atoms with Crippen molar-refractivity contribution in [1.29, 1.82) is 0 Å². The number of benzene rings is 1. The van der Waals surface area contributed by atoms with Gasteiger partial charge in [0.15, 0.2) is 0 Å². The van der Waals surface area contributed by atoms with Gasteiger partial charge in [0, 0.05) is 19.6 Å². The van der Waals surface area contributed by atoms with Gasteiger partial charge in [-0.25, -0.2) is 9.78 Å². The summed E-state index contributed by atoms with van der Waals surface area (Å²) in [6, 6.07) is 6.59. The fourth-order valence-corrected chi connectivity index (χ4v) is 2.64. The van der Waals surface area contributed by atoms with E-state index in [1.54, 1.807) is 6.33 Å². The molecule has 2 heterocycles. The largest absolute Gasteiger partial charge is 0.345 e. The van der Waals surface area contributed by atoms with Crippen molar-refractivity contribution >= 4 is 17.1 Å². The van der Waals surface area contributed by atoms with Gasteiger partial charge in [0.1, 0.15) is 0 Å². The molecule has 5 heteroatoms. The highest BCUT2D eigenvalue weighted by Crippen LogP contribution is 2.30. The highest BCUT2D eigenvalue weighted by Gasteiger charge is 2.36. The molecule has 1 unspecified atom stereocenters. The molecule has 1 N–H and O–H groups in total. The number of aromatic amines is 1. The van der Waals surface area contributed by atoms with Crippen molar-refractivity contribution in [3.8, 4) is 0 Å². The van der Waals surface area contributed by atoms with Crippen molar-refractivity contribution in [3.05, 3.63) is 30.1 Å². The van der Waals surface area contributed by atoms with Crippen LogP contribution in [0, 0.1) is 0 Å². The zero-order valence-electron chi connectivity index (χ0n) is 11.4. The van der Waals surface area contributed by atoms with E-state index in [-0.39, 0.29) is 18.1 Å². The van der Waals surface area contributed by atoms with E-state index in [1.807, 2.05) is 36.8 Å². The molecule has 0 aliphatic carbocycles. The fraction of sp³-hybridized carbons (Fsp3) is 0.429. The van der Waals surface area contributed by atoms with Crippen LogP contribution in [0.25, 0.3) is 11.0 Å². The molecular formula is C14H18N4O. The molecule has 1 atom stereocenters. The monoisotopic (exact) mass is 258 g/mol. The van der Waals surface area contributed by atoms with Gasteiger partial charge in [-0.05, 0) is 31.5 Å². The van der Waals surface area contributed by atoms with E-state index in [4.69, 9.17) is 0 Å². The van der Waals surface area contributed by atoms with Crippen LogP contribution >= 0.6 is 0 Å². The maximum atomic E-state index is 12.2. The summed E-state index contributed by atoms with van der Waals surface area (Å²) < 4.78 is 0. The minimum Gasteiger partial charge on any atom is -0.345 e. The molecule has 0 saturated carbocycles. The zero-order chi connectivity index (χ0) is 13.6. The maximum absolute atomic E-state index is 12.2. The molecule has 0 spiro atoms. The molecule has 1 aliphatic heterocycles. The van der Waals surface area contributed by atoms with E-state index in [9.17, 15) is 4.79 Å². The number of aromatic nitrogens is 2. The topological polar surface area (TPSA) is 52.2 Å². The number of carbonyl (C=O) groups is 1. The highest BCUT2D eigenvalue weighted by molar-refractivity contribution is 5.79. The number of imidazole rings is 1. The predicted molar refractivity (Wildman–Crippen MR) is 73.8 cm³/mol. The Morgan fingerprint density at radius 1 is 1.42 bits per heavy atom. The summed E-state index contributed by atoms with van der Waals surface area (Å²) in [7, 11) is 1.87. The lowest BCUT2D eigenvalue weighted by Gasteiger charge is -2.19. The van der Waals surface area contributed by atoms with Crippen molar-refractivity contribution in [2.24, 2.45) is 0 Å². The van der Waals surface area contributed by atoms with Gasteiger partial charge in [0.25, 0.3) is 0 Å². The van der Waals surface area contributed by atoms with Crippen LogP contribution in [0.15, 0.2) is 24.5 Å². The standard InChI is InChI=1S/C14H18N4O/c1-9(2)18-7-13(17(3)14(18)19)10-4-5-11-12(6-10)16-8-15-11/h4-6,8-9,13H,7H2,1-3H3,(H,15,16). The molecule has 0 bridgehead atoms. The number of carbonyl (C=O) groups excluding carboxylic acids is 1. The fourth-order valence-electron chi connectivity index (χ4n) is 2.64. The van der Waals surface area contributed by atoms with Gasteiger partial charge in [-0.15, -0.1) is 0 Å². The SMILES string of the molecule is CC(C)N1CC(c2ccc3nc[nH]c3c2)N(C)C1=O. The van der Waals surface area contributed by atoms with Gasteiger partial charge in [-0.2, -0.15) is 0 Å². The molecule has 1 aliphatic rings. The van der Waals surface area contributed by atoms with Crippen LogP contribution < -0.4 is 0 Å². The average Bonchev–Trinajstić information content (AvgIpc) is 2.95. The number of nitrogens with zero attached hydrogens (tertiary/aromatic N) is 3. The van der Waals surface area contributed by atoms with Gasteiger partial charge in [0.05, 0.1) is 23.4 Å². The number of hydrogen-bond acceptors (Lipinski definition) is 2. The number of fused-ring (bicyclic) bond motifs is 1. The number of amides is 2. The maximum Gasteiger partial charge on any atom is 0.320 e. The summed E-state index contributed by atoms with van der Waals surface area (Å²) in [6.07, 6.45) is 1.69. The van der Waals surface area contributed by atoms with Crippen molar-refractivity contribution < 1.29 is 4.79 Å². The van der Waals surface area contributed by atoms with E-state index < -0.39 is 0 Å². The summed E-state index contributed by atoms with van der Waals surface area (Å²) >= 11 is 0. The van der Waals surface area contributed by atoms with Crippen LogP contribution in [0.5, 0.6) is 0 Å². The van der Waals surface area contributed by atoms with Crippen molar-refractivity contribution in [2.75, 3.05) is 13.6 Å². The molecular weight excluding hydrogens is 240 g/mol. The van der Waals surface area contributed by atoms with Crippen molar-refractivity contribution in [1.82, 2.24) is 19.8 Å². The highest BCUT2D eigenvalue weighted by atomic mass is 16.2. The van der Waals surface area contributed by atoms with Gasteiger partial charge >= 0.3 is 6.03 Å². The third-order valence-electron chi connectivity index (χ3n) is 3.84. The first-order chi connectivity index (χ1) is 9.08. The Morgan fingerprint density at radius 2 is 2.21 bits per heavy atom. The van der Waals surface area contributed by atoms with Crippen LogP contribution in [0.4, 0.5) is 4.79 Å². The predicted octanol–water partition coefficient (Wildman–Crippen LogP) is 2.38. The summed E-state index contributed by atoms with van der Waals surface area (Å²) in [5.74, 6) is 0. The van der Waals surface area contributed by atoms with E-state index in [0.29, 0.717) is 0 Å². The first kappa shape index (κ1) is 12.0. The smallest absolute Gasteiger partial charge is 0.320 e. The molecule has 0 radical (unpaired) electrons. The Morgan fingerprint density at radius 3 is 2.89 bits per heavy atom. The third-order valence-corrected chi connectivity index (χ3v) is 3.84. The number of urea groups is 1. The van der Waals surface area contributed by atoms with Gasteiger partial charge < -0.3 is 14.8 Å². The average molecular weight is 258 g/mol. The lowest BCUT2D eigenvalue weighted by Crippen LogP contribution is -2.34. The van der Waals surface area contributed by atoms with Crippen LogP contribution in [-0.4, -0.2) is 45.4 Å². The second-order valence-corrected chi connectivity index (χ2v) is 5.33. The molecule has 19 heavy (non-hydrogen) atoms. The summed E-state index contributed by atoms with van der Waals surface area (Å²) in [6.45, 7) is 4.84. The van der Waals surface area contributed by atoms with Crippen LogP contribution in [0.2, 0.25) is 0 Å². The van der Waals surface area contributed by atoms with Crippen molar-refractivity contribution in [2.45, 2.75) is 25.9 Å². The number of likely N-dealkylation sites (N-methyl/N-ethyl adjacent to an activating group) is 1. The lowest BCUT2D eigenvalue weighted by molar-refractivity contribution is 0.187. The van der Waals surface area contributed by atoms with Crippen LogP contribution in [0.1, 0.15) is 25.5 Å². The molecule has 2 amide bonds. The molecule has 1 aromatic carbocycles. The van der Waals surface area contributed by atoms with E-state index in [1.165, 1.54) is 0 Å². The first-order valence-electron chi connectivity index (χ1n) is 6.54. The van der Waals surface area contributed by atoms with E-state index in [0.717, 1.165) is 23.1 Å². The molecule has 1 fully saturated rings. The minimum absolute atomic E-state index is 0.102. The molecule has 100 valence electrons. The van der Waals surface area contributed by atoms with Gasteiger partial charge in [-0.1, -0.05) is 6.07 Å². The normalized spacial score (nSPS) is 20.0. The summed E-state index contributed by atoms with van der Waals surface area (Å²) in [5.41, 5.74) is 3.12. The first-order valence-corrected chi connectivity index (χ1v) is 6.54. The van der Waals surface area contributed by atoms with Crippen molar-refractivity contribution in [3.63, 3.8) is 0 Å². The van der Waals surface area contributed by atoms with E-state index in [2.05, 4.69) is 22.1 Å². The number of hydrogen-bond donors (Lipinski definition) is 1. The Bertz CT molecular complexity index is 619. The quantitative estimate of drug-likeness (QED) is 0.899. The minimum atomic E-state index is 0.102. The number of nitrogens with one attached hydrogen (secondary N) is 1. The molecule has 5 nitrogen and oxygen atoms in total.